The first-order valence-corrected chi connectivity index (χ1v) is 8.47. The molecule has 1 amide bonds. The van der Waals surface area contributed by atoms with Gasteiger partial charge in [-0.25, -0.2) is 9.40 Å². The molecule has 5 nitrogen and oxygen atoms in total. The summed E-state index contributed by atoms with van der Waals surface area (Å²) < 4.78 is 18.3. The Morgan fingerprint density at radius 3 is 2.96 bits per heavy atom. The van der Waals surface area contributed by atoms with E-state index in [2.05, 4.69) is 15.6 Å². The second kappa shape index (κ2) is 6.16. The number of halogens is 1. The van der Waals surface area contributed by atoms with Crippen molar-refractivity contribution in [3.63, 3.8) is 0 Å². The number of fused-ring (bicyclic) bond motifs is 1. The normalized spacial score (nSPS) is 16.3. The van der Waals surface area contributed by atoms with Gasteiger partial charge in [0.2, 0.25) is 0 Å². The number of amides is 1. The number of hydrazone groups is 1. The molecular weight excluding hydrogens is 327 g/mol. The van der Waals surface area contributed by atoms with Crippen molar-refractivity contribution in [3.05, 3.63) is 51.6 Å². The Morgan fingerprint density at radius 2 is 2.12 bits per heavy atom. The predicted molar refractivity (Wildman–Crippen MR) is 91.1 cm³/mol. The van der Waals surface area contributed by atoms with E-state index in [4.69, 9.17) is 0 Å². The van der Waals surface area contributed by atoms with E-state index in [9.17, 15) is 9.18 Å². The summed E-state index contributed by atoms with van der Waals surface area (Å²) in [5.74, 6) is -0.312. The molecule has 0 bridgehead atoms. The number of rotatable bonds is 3. The maximum atomic E-state index is 13.0. The smallest absolute Gasteiger partial charge is 0.262 e. The van der Waals surface area contributed by atoms with Crippen LogP contribution in [0.4, 0.5) is 4.39 Å². The highest BCUT2D eigenvalue weighted by molar-refractivity contribution is 7.03. The number of carbonyl (C=O) groups excluding carboxylic acids is 1. The fraction of sp³-hybridized carbons (Fsp3) is 0.235. The zero-order chi connectivity index (χ0) is 16.5. The van der Waals surface area contributed by atoms with Crippen LogP contribution in [-0.2, 0) is 4.79 Å². The fourth-order valence-corrected chi connectivity index (χ4v) is 3.45. The summed E-state index contributed by atoms with van der Waals surface area (Å²) in [5.41, 5.74) is 1.68. The number of hydrogen-bond donors (Lipinski definition) is 0. The molecule has 0 saturated heterocycles. The van der Waals surface area contributed by atoms with Crippen LogP contribution in [0.1, 0.15) is 12.0 Å². The first-order valence-electron chi connectivity index (χ1n) is 7.69. The van der Waals surface area contributed by atoms with Gasteiger partial charge in [-0.05, 0) is 35.3 Å². The summed E-state index contributed by atoms with van der Waals surface area (Å²) in [7, 11) is 0. The molecule has 2 aliphatic heterocycles. The van der Waals surface area contributed by atoms with Crippen LogP contribution in [0, 0.1) is 5.82 Å². The molecule has 0 N–H and O–H groups in total. The van der Waals surface area contributed by atoms with Crippen molar-refractivity contribution in [1.29, 1.82) is 0 Å². The topological polar surface area (TPSA) is 48.8 Å². The van der Waals surface area contributed by atoms with E-state index >= 15 is 0 Å². The Bertz CT molecular complexity index is 919. The zero-order valence-corrected chi connectivity index (χ0v) is 13.7. The third kappa shape index (κ3) is 2.94. The van der Waals surface area contributed by atoms with Gasteiger partial charge in [-0.3, -0.25) is 4.79 Å². The first-order chi connectivity index (χ1) is 11.7. The van der Waals surface area contributed by atoms with E-state index in [-0.39, 0.29) is 18.3 Å². The zero-order valence-electron chi connectivity index (χ0n) is 12.9. The van der Waals surface area contributed by atoms with E-state index in [0.717, 1.165) is 21.0 Å². The summed E-state index contributed by atoms with van der Waals surface area (Å²) in [6, 6.07) is 6.21. The minimum atomic E-state index is -0.274. The fourth-order valence-electron chi connectivity index (χ4n) is 2.81. The SMILES string of the molecule is O=C(CN1C=c2cnsc2=CC1)N1CCC(c2ccc(F)cc2)=N1. The molecule has 7 heteroatoms. The molecule has 2 aliphatic rings. The summed E-state index contributed by atoms with van der Waals surface area (Å²) >= 11 is 1.46. The molecule has 1 aromatic heterocycles. The quantitative estimate of drug-likeness (QED) is 0.827. The molecule has 4 rings (SSSR count). The van der Waals surface area contributed by atoms with Gasteiger partial charge in [0.05, 0.1) is 23.3 Å². The number of benzene rings is 1. The maximum Gasteiger partial charge on any atom is 0.262 e. The highest BCUT2D eigenvalue weighted by atomic mass is 32.1. The average Bonchev–Trinajstić information content (AvgIpc) is 3.24. The Kier molecular flexibility index (Phi) is 3.86. The molecular formula is C17H15FN4OS. The molecule has 0 spiro atoms. The van der Waals surface area contributed by atoms with Gasteiger partial charge >= 0.3 is 0 Å². The van der Waals surface area contributed by atoms with Crippen molar-refractivity contribution in [3.8, 4) is 0 Å². The molecule has 3 heterocycles. The Hall–Kier alpha value is -2.54. The van der Waals surface area contributed by atoms with E-state index in [1.807, 2.05) is 17.3 Å². The van der Waals surface area contributed by atoms with Crippen LogP contribution in [0.2, 0.25) is 0 Å². The number of carbonyl (C=O) groups is 1. The average molecular weight is 342 g/mol. The molecule has 24 heavy (non-hydrogen) atoms. The van der Waals surface area contributed by atoms with Crippen molar-refractivity contribution < 1.29 is 9.18 Å². The molecule has 0 unspecified atom stereocenters. The minimum absolute atomic E-state index is 0.0385. The third-order valence-corrected chi connectivity index (χ3v) is 4.88. The van der Waals surface area contributed by atoms with Gasteiger partial charge in [-0.15, -0.1) is 0 Å². The van der Waals surface area contributed by atoms with Crippen LogP contribution in [0.15, 0.2) is 35.6 Å². The van der Waals surface area contributed by atoms with Gasteiger partial charge < -0.3 is 4.90 Å². The lowest BCUT2D eigenvalue weighted by Crippen LogP contribution is -2.39. The number of aromatic nitrogens is 1. The Balaban J connectivity index is 1.45. The van der Waals surface area contributed by atoms with Crippen molar-refractivity contribution >= 4 is 35.4 Å². The van der Waals surface area contributed by atoms with Crippen LogP contribution in [-0.4, -0.2) is 45.5 Å². The molecule has 2 aromatic rings. The van der Waals surface area contributed by atoms with E-state index in [1.165, 1.54) is 28.7 Å². The molecule has 1 aromatic carbocycles. The molecule has 0 aliphatic carbocycles. The molecule has 0 fully saturated rings. The number of nitrogens with zero attached hydrogens (tertiary/aromatic N) is 4. The van der Waals surface area contributed by atoms with Crippen molar-refractivity contribution in [2.75, 3.05) is 19.6 Å². The van der Waals surface area contributed by atoms with Gasteiger partial charge in [-0.2, -0.15) is 9.47 Å². The minimum Gasteiger partial charge on any atom is -0.364 e. The maximum absolute atomic E-state index is 13.0. The van der Waals surface area contributed by atoms with Gasteiger partial charge in [-0.1, -0.05) is 12.1 Å². The van der Waals surface area contributed by atoms with E-state index in [1.54, 1.807) is 12.1 Å². The van der Waals surface area contributed by atoms with Gasteiger partial charge in [0.15, 0.2) is 0 Å². The lowest BCUT2D eigenvalue weighted by Gasteiger charge is -2.21. The third-order valence-electron chi connectivity index (χ3n) is 4.07. The second-order valence-electron chi connectivity index (χ2n) is 5.73. The lowest BCUT2D eigenvalue weighted by molar-refractivity contribution is -0.131. The van der Waals surface area contributed by atoms with E-state index in [0.29, 0.717) is 19.5 Å². The summed E-state index contributed by atoms with van der Waals surface area (Å²) in [6.45, 7) is 1.55. The molecule has 0 atom stereocenters. The highest BCUT2D eigenvalue weighted by Gasteiger charge is 2.23. The van der Waals surface area contributed by atoms with Gasteiger partial charge in [0, 0.05) is 30.6 Å². The molecule has 122 valence electrons. The first kappa shape index (κ1) is 15.0. The Morgan fingerprint density at radius 1 is 1.29 bits per heavy atom. The van der Waals surface area contributed by atoms with Crippen LogP contribution in [0.25, 0.3) is 12.3 Å². The monoisotopic (exact) mass is 342 g/mol. The van der Waals surface area contributed by atoms with Crippen LogP contribution in [0.5, 0.6) is 0 Å². The standard InChI is InChI=1S/C17H15FN4OS/c18-14-3-1-12(2-4-14)15-5-8-22(20-15)17(23)11-21-7-6-16-13(10-21)9-19-24-16/h1-4,6,9-10H,5,7-8,11H2. The van der Waals surface area contributed by atoms with Crippen LogP contribution < -0.4 is 9.75 Å². The largest absolute Gasteiger partial charge is 0.364 e. The predicted octanol–water partition coefficient (Wildman–Crippen LogP) is 0.753. The highest BCUT2D eigenvalue weighted by Crippen LogP contribution is 2.15. The van der Waals surface area contributed by atoms with Crippen LogP contribution >= 0.6 is 11.5 Å². The number of hydrogen-bond acceptors (Lipinski definition) is 5. The van der Waals surface area contributed by atoms with Crippen molar-refractivity contribution in [2.45, 2.75) is 6.42 Å². The van der Waals surface area contributed by atoms with Gasteiger partial charge in [0.25, 0.3) is 5.91 Å². The Labute approximate surface area is 142 Å². The lowest BCUT2D eigenvalue weighted by atomic mass is 10.1. The van der Waals surface area contributed by atoms with Crippen molar-refractivity contribution in [2.24, 2.45) is 5.10 Å². The molecule has 0 saturated carbocycles. The molecule has 0 radical (unpaired) electrons. The summed E-state index contributed by atoms with van der Waals surface area (Å²) in [6.07, 6.45) is 6.55. The second-order valence-corrected chi connectivity index (χ2v) is 6.56. The van der Waals surface area contributed by atoms with E-state index < -0.39 is 0 Å². The van der Waals surface area contributed by atoms with Gasteiger partial charge in [0.1, 0.15) is 5.82 Å². The van der Waals surface area contributed by atoms with Crippen molar-refractivity contribution in [1.82, 2.24) is 14.3 Å². The van der Waals surface area contributed by atoms with Crippen LogP contribution in [0.3, 0.4) is 0 Å². The summed E-state index contributed by atoms with van der Waals surface area (Å²) in [5, 5.41) is 6.96. The summed E-state index contributed by atoms with van der Waals surface area (Å²) in [4.78, 5) is 14.4.